The van der Waals surface area contributed by atoms with E-state index in [9.17, 15) is 4.79 Å². The quantitative estimate of drug-likeness (QED) is 0.745. The van der Waals surface area contributed by atoms with E-state index < -0.39 is 0 Å². The number of amides is 1. The van der Waals surface area contributed by atoms with Crippen molar-refractivity contribution in [2.45, 2.75) is 45.7 Å². The lowest BCUT2D eigenvalue weighted by molar-refractivity contribution is 0.165. The number of ether oxygens (including phenoxy) is 1. The van der Waals surface area contributed by atoms with Crippen LogP contribution in [0.5, 0.6) is 5.75 Å². The first-order valence-corrected chi connectivity index (χ1v) is 9.04. The van der Waals surface area contributed by atoms with Crippen LogP contribution in [0.2, 0.25) is 0 Å². The molecule has 4 nitrogen and oxygen atoms in total. The van der Waals surface area contributed by atoms with Gasteiger partial charge in [-0.25, -0.2) is 4.79 Å². The minimum atomic E-state index is -0.326. The van der Waals surface area contributed by atoms with E-state index in [0.29, 0.717) is 18.3 Å². The molecule has 1 aromatic rings. The molecule has 0 fully saturated rings. The second kappa shape index (κ2) is 8.86. The number of rotatable bonds is 6. The molecule has 136 valence electrons. The minimum absolute atomic E-state index is 0.226. The molecule has 0 heterocycles. The summed E-state index contributed by atoms with van der Waals surface area (Å²) in [6, 6.07) is 8.42. The maximum absolute atomic E-state index is 12.0. The maximum atomic E-state index is 12.0. The predicted octanol–water partition coefficient (Wildman–Crippen LogP) is 4.79. The largest absolute Gasteiger partial charge is 0.414 e. The Kier molecular flexibility index (Phi) is 6.82. The fourth-order valence-corrected chi connectivity index (χ4v) is 2.95. The van der Waals surface area contributed by atoms with E-state index >= 15 is 0 Å². The molecule has 1 amide bonds. The zero-order valence-electron chi connectivity index (χ0n) is 16.0. The van der Waals surface area contributed by atoms with Gasteiger partial charge in [0.1, 0.15) is 5.75 Å². The highest BCUT2D eigenvalue weighted by Gasteiger charge is 2.21. The Balaban J connectivity index is 2.09. The van der Waals surface area contributed by atoms with E-state index in [1.54, 1.807) is 11.9 Å². The van der Waals surface area contributed by atoms with Crippen LogP contribution in [0.1, 0.15) is 45.2 Å². The molecule has 1 aromatic carbocycles. The van der Waals surface area contributed by atoms with Crippen LogP contribution < -0.4 is 4.74 Å². The second-order valence-corrected chi connectivity index (χ2v) is 6.68. The molecular formula is C21H30N2O2. The van der Waals surface area contributed by atoms with Gasteiger partial charge >= 0.3 is 6.09 Å². The first-order valence-electron chi connectivity index (χ1n) is 9.04. The minimum Gasteiger partial charge on any atom is -0.410 e. The van der Waals surface area contributed by atoms with Crippen molar-refractivity contribution >= 4 is 6.09 Å². The number of carbonyl (C=O) groups is 1. The lowest BCUT2D eigenvalue weighted by Crippen LogP contribution is -2.33. The van der Waals surface area contributed by atoms with Crippen LogP contribution in [0.4, 0.5) is 4.79 Å². The van der Waals surface area contributed by atoms with Crippen LogP contribution in [-0.2, 0) is 0 Å². The highest BCUT2D eigenvalue weighted by atomic mass is 16.6. The third kappa shape index (κ3) is 4.95. The molecule has 0 spiro atoms. The van der Waals surface area contributed by atoms with E-state index in [0.717, 1.165) is 18.4 Å². The molecule has 0 radical (unpaired) electrons. The highest BCUT2D eigenvalue weighted by Crippen LogP contribution is 2.28. The molecule has 4 heteroatoms. The number of likely N-dealkylation sites (N-methyl/N-ethyl adjacent to an activating group) is 1. The molecule has 0 saturated carbocycles. The molecule has 1 unspecified atom stereocenters. The van der Waals surface area contributed by atoms with E-state index in [1.807, 2.05) is 25.1 Å². The Bertz CT molecular complexity index is 651. The third-order valence-electron chi connectivity index (χ3n) is 5.14. The average Bonchev–Trinajstić information content (AvgIpc) is 2.66. The summed E-state index contributed by atoms with van der Waals surface area (Å²) in [5.74, 6) is 0.593. The Morgan fingerprint density at radius 2 is 2.00 bits per heavy atom. The molecule has 0 bridgehead atoms. The van der Waals surface area contributed by atoms with Gasteiger partial charge in [-0.15, -0.1) is 0 Å². The summed E-state index contributed by atoms with van der Waals surface area (Å²) in [6.45, 7) is 6.99. The van der Waals surface area contributed by atoms with Crippen molar-refractivity contribution in [1.82, 2.24) is 9.80 Å². The van der Waals surface area contributed by atoms with Crippen LogP contribution in [0, 0.1) is 0 Å². The number of allylic oxidation sites excluding steroid dienone is 3. The van der Waals surface area contributed by atoms with Crippen molar-refractivity contribution < 1.29 is 9.53 Å². The Morgan fingerprint density at radius 3 is 2.64 bits per heavy atom. The second-order valence-electron chi connectivity index (χ2n) is 6.68. The first-order chi connectivity index (χ1) is 11.9. The van der Waals surface area contributed by atoms with Gasteiger partial charge in [0.2, 0.25) is 0 Å². The van der Waals surface area contributed by atoms with Gasteiger partial charge in [0.15, 0.2) is 0 Å². The zero-order chi connectivity index (χ0) is 18.4. The summed E-state index contributed by atoms with van der Waals surface area (Å²) in [5, 5.41) is 0. The van der Waals surface area contributed by atoms with Crippen molar-refractivity contribution in [3.63, 3.8) is 0 Å². The van der Waals surface area contributed by atoms with E-state index in [2.05, 4.69) is 50.1 Å². The maximum Gasteiger partial charge on any atom is 0.414 e. The van der Waals surface area contributed by atoms with Gasteiger partial charge in [0.05, 0.1) is 0 Å². The summed E-state index contributed by atoms with van der Waals surface area (Å²) >= 11 is 0. The van der Waals surface area contributed by atoms with Crippen molar-refractivity contribution in [2.75, 3.05) is 20.6 Å². The predicted molar refractivity (Wildman–Crippen MR) is 103 cm³/mol. The van der Waals surface area contributed by atoms with Gasteiger partial charge < -0.3 is 9.64 Å². The summed E-state index contributed by atoms with van der Waals surface area (Å²) < 4.78 is 5.46. The molecule has 25 heavy (non-hydrogen) atoms. The number of nitrogens with zero attached hydrogens (tertiary/aromatic N) is 2. The lowest BCUT2D eigenvalue weighted by atomic mass is 9.96. The molecule has 2 rings (SSSR count). The monoisotopic (exact) mass is 342 g/mol. The summed E-state index contributed by atoms with van der Waals surface area (Å²) in [7, 11) is 3.88. The Morgan fingerprint density at radius 1 is 1.24 bits per heavy atom. The molecule has 1 aliphatic rings. The fraction of sp³-hybridized carbons (Fsp3) is 0.476. The normalized spacial score (nSPS) is 16.3. The first kappa shape index (κ1) is 19.3. The van der Waals surface area contributed by atoms with Gasteiger partial charge in [0, 0.05) is 25.7 Å². The number of carbonyl (C=O) groups excluding carboxylic acids is 1. The SMILES string of the molecule is CCN(C)C(=O)Oc1cccc(C(C)N(C)[C@@H](C)C2=CC=CCC2)c1. The summed E-state index contributed by atoms with van der Waals surface area (Å²) in [4.78, 5) is 15.9. The van der Waals surface area contributed by atoms with E-state index in [1.165, 1.54) is 5.57 Å². The standard InChI is InChI=1S/C21H30N2O2/c1-6-22(4)21(24)25-20-14-10-13-19(15-20)17(3)23(5)16(2)18-11-8-7-9-12-18/h7-8,10-11,13-17H,6,9,12H2,1-5H3/t16-,17?/m0/s1. The van der Waals surface area contributed by atoms with Gasteiger partial charge in [-0.1, -0.05) is 35.9 Å². The van der Waals surface area contributed by atoms with Gasteiger partial charge in [0.25, 0.3) is 0 Å². The smallest absolute Gasteiger partial charge is 0.410 e. The summed E-state index contributed by atoms with van der Waals surface area (Å²) in [6.07, 6.45) is 8.51. The lowest BCUT2D eigenvalue weighted by Gasteiger charge is -2.33. The summed E-state index contributed by atoms with van der Waals surface area (Å²) in [5.41, 5.74) is 2.61. The number of hydrogen-bond acceptors (Lipinski definition) is 3. The van der Waals surface area contributed by atoms with Crippen LogP contribution in [0.25, 0.3) is 0 Å². The molecule has 2 atom stereocenters. The van der Waals surface area contributed by atoms with Gasteiger partial charge in [-0.2, -0.15) is 0 Å². The van der Waals surface area contributed by atoms with E-state index in [-0.39, 0.29) is 12.1 Å². The highest BCUT2D eigenvalue weighted by molar-refractivity contribution is 5.70. The number of hydrogen-bond donors (Lipinski definition) is 0. The van der Waals surface area contributed by atoms with Crippen LogP contribution in [0.15, 0.2) is 48.1 Å². The molecule has 0 aromatic heterocycles. The van der Waals surface area contributed by atoms with Crippen molar-refractivity contribution in [2.24, 2.45) is 0 Å². The van der Waals surface area contributed by atoms with Crippen LogP contribution in [0.3, 0.4) is 0 Å². The molecule has 0 saturated heterocycles. The van der Waals surface area contributed by atoms with Gasteiger partial charge in [-0.05, 0) is 58.4 Å². The Hall–Kier alpha value is -2.07. The topological polar surface area (TPSA) is 32.8 Å². The number of benzene rings is 1. The molecular weight excluding hydrogens is 312 g/mol. The van der Waals surface area contributed by atoms with Gasteiger partial charge in [-0.3, -0.25) is 4.90 Å². The third-order valence-corrected chi connectivity index (χ3v) is 5.14. The van der Waals surface area contributed by atoms with Crippen LogP contribution >= 0.6 is 0 Å². The van der Waals surface area contributed by atoms with Crippen molar-refractivity contribution in [3.8, 4) is 5.75 Å². The zero-order valence-corrected chi connectivity index (χ0v) is 16.0. The van der Waals surface area contributed by atoms with Crippen LogP contribution in [-0.4, -0.2) is 42.6 Å². The average molecular weight is 342 g/mol. The Labute approximate surface area is 151 Å². The fourth-order valence-electron chi connectivity index (χ4n) is 2.95. The molecule has 0 N–H and O–H groups in total. The van der Waals surface area contributed by atoms with E-state index in [4.69, 9.17) is 4.74 Å². The molecule has 1 aliphatic carbocycles. The van der Waals surface area contributed by atoms with Crippen molar-refractivity contribution in [1.29, 1.82) is 0 Å². The molecule has 0 aliphatic heterocycles. The van der Waals surface area contributed by atoms with Crippen molar-refractivity contribution in [3.05, 3.63) is 53.6 Å².